The second kappa shape index (κ2) is 8.30. The van der Waals surface area contributed by atoms with Crippen LogP contribution in [0.2, 0.25) is 0 Å². The molecule has 0 spiro atoms. The summed E-state index contributed by atoms with van der Waals surface area (Å²) in [6, 6.07) is -0.0995. The molecule has 3 heterocycles. The highest BCUT2D eigenvalue weighted by molar-refractivity contribution is 5.74. The molecule has 0 saturated carbocycles. The Bertz CT molecular complexity index is 644. The maximum absolute atomic E-state index is 12.3. The molecule has 0 radical (unpaired) electrons. The average molecular weight is 351 g/mol. The first-order valence-electron chi connectivity index (χ1n) is 8.65. The van der Waals surface area contributed by atoms with Gasteiger partial charge in [0.2, 0.25) is 0 Å². The summed E-state index contributed by atoms with van der Waals surface area (Å²) >= 11 is 0. The van der Waals surface area contributed by atoms with Crippen LogP contribution in [0, 0.1) is 0 Å². The summed E-state index contributed by atoms with van der Waals surface area (Å²) in [5.74, 6) is 0.286. The fourth-order valence-corrected chi connectivity index (χ4v) is 2.98. The predicted octanol–water partition coefficient (Wildman–Crippen LogP) is -0.218. The second-order valence-electron chi connectivity index (χ2n) is 6.33. The van der Waals surface area contributed by atoms with Gasteiger partial charge in [0.25, 0.3) is 5.56 Å². The van der Waals surface area contributed by atoms with E-state index in [1.54, 1.807) is 24.3 Å². The highest BCUT2D eigenvalue weighted by Crippen LogP contribution is 2.11. The van der Waals surface area contributed by atoms with Gasteiger partial charge in [-0.15, -0.1) is 0 Å². The van der Waals surface area contributed by atoms with E-state index >= 15 is 0 Å². The summed E-state index contributed by atoms with van der Waals surface area (Å²) < 4.78 is 12.7. The minimum atomic E-state index is -0.190. The minimum absolute atomic E-state index is 0.0995. The molecule has 2 N–H and O–H groups in total. The molecule has 2 aliphatic rings. The van der Waals surface area contributed by atoms with Crippen LogP contribution in [0.15, 0.2) is 17.2 Å². The van der Waals surface area contributed by atoms with E-state index in [2.05, 4.69) is 15.6 Å². The summed E-state index contributed by atoms with van der Waals surface area (Å²) in [6.45, 7) is 3.24. The number of aromatic nitrogens is 2. The molecular formula is C16H25N5O4. The molecule has 25 heavy (non-hydrogen) atoms. The predicted molar refractivity (Wildman–Crippen MR) is 91.7 cm³/mol. The first-order chi connectivity index (χ1) is 12.1. The van der Waals surface area contributed by atoms with Gasteiger partial charge in [-0.3, -0.25) is 4.79 Å². The Morgan fingerprint density at radius 1 is 1.32 bits per heavy atom. The molecule has 2 atom stereocenters. The summed E-state index contributed by atoms with van der Waals surface area (Å²) in [7, 11) is 1.67. The van der Waals surface area contributed by atoms with Crippen molar-refractivity contribution in [1.29, 1.82) is 0 Å². The molecule has 0 unspecified atom stereocenters. The van der Waals surface area contributed by atoms with Crippen molar-refractivity contribution < 1.29 is 14.3 Å². The molecule has 9 nitrogen and oxygen atoms in total. The minimum Gasteiger partial charge on any atom is -0.376 e. The Morgan fingerprint density at radius 3 is 2.96 bits per heavy atom. The first-order valence-corrected chi connectivity index (χ1v) is 8.65. The third-order valence-electron chi connectivity index (χ3n) is 4.44. The third kappa shape index (κ3) is 4.70. The summed E-state index contributed by atoms with van der Waals surface area (Å²) in [6.07, 6.45) is 5.16. The van der Waals surface area contributed by atoms with E-state index in [1.807, 2.05) is 0 Å². The Hall–Kier alpha value is -2.13. The average Bonchev–Trinajstić information content (AvgIpc) is 3.15. The lowest BCUT2D eigenvalue weighted by Gasteiger charge is -2.33. The number of nitrogens with zero attached hydrogens (tertiary/aromatic N) is 3. The second-order valence-corrected chi connectivity index (χ2v) is 6.33. The highest BCUT2D eigenvalue weighted by atomic mass is 16.5. The van der Waals surface area contributed by atoms with Gasteiger partial charge in [-0.2, -0.15) is 0 Å². The van der Waals surface area contributed by atoms with Crippen LogP contribution in [0.3, 0.4) is 0 Å². The van der Waals surface area contributed by atoms with E-state index in [9.17, 15) is 9.59 Å². The molecule has 2 fully saturated rings. The number of morpholine rings is 1. The fraction of sp³-hybridized carbons (Fsp3) is 0.688. The number of hydrogen-bond acceptors (Lipinski definition) is 6. The highest BCUT2D eigenvalue weighted by Gasteiger charge is 2.25. The number of aryl methyl sites for hydroxylation is 1. The van der Waals surface area contributed by atoms with Crippen LogP contribution >= 0.6 is 0 Å². The standard InChI is InChI=1S/C16H25N5O4/c1-20-5-4-17-14(15(20)22)18-10-13-11-21(6-8-25-13)16(23)19-9-12-3-2-7-24-12/h4-5,12-13H,2-3,6-11H2,1H3,(H,17,18)(H,19,23)/t12-,13-/m1/s1. The first kappa shape index (κ1) is 17.7. The lowest BCUT2D eigenvalue weighted by molar-refractivity contribution is -0.00702. The number of carbonyl (C=O) groups is 1. The molecule has 2 aliphatic heterocycles. The normalized spacial score (nSPS) is 23.5. The molecule has 3 rings (SSSR count). The number of anilines is 1. The molecule has 0 aliphatic carbocycles. The van der Waals surface area contributed by atoms with Gasteiger partial charge in [-0.25, -0.2) is 9.78 Å². The van der Waals surface area contributed by atoms with Crippen molar-refractivity contribution >= 4 is 11.8 Å². The van der Waals surface area contributed by atoms with Gasteiger partial charge in [-0.1, -0.05) is 0 Å². The van der Waals surface area contributed by atoms with Crippen LogP contribution in [0.25, 0.3) is 0 Å². The summed E-state index contributed by atoms with van der Waals surface area (Å²) in [5, 5.41) is 5.94. The monoisotopic (exact) mass is 351 g/mol. The van der Waals surface area contributed by atoms with Crippen molar-refractivity contribution in [2.45, 2.75) is 25.0 Å². The van der Waals surface area contributed by atoms with Crippen molar-refractivity contribution in [3.05, 3.63) is 22.7 Å². The Kier molecular flexibility index (Phi) is 5.87. The quantitative estimate of drug-likeness (QED) is 0.761. The number of rotatable bonds is 5. The van der Waals surface area contributed by atoms with Crippen molar-refractivity contribution in [2.75, 3.05) is 44.7 Å². The molecule has 2 saturated heterocycles. The SMILES string of the molecule is Cn1ccnc(NC[C@@H]2CN(C(=O)NC[C@H]3CCCO3)CCO2)c1=O. The number of amides is 2. The summed E-state index contributed by atoms with van der Waals surface area (Å²) in [4.78, 5) is 30.0. The zero-order valence-corrected chi connectivity index (χ0v) is 14.4. The van der Waals surface area contributed by atoms with Crippen LogP contribution in [-0.2, 0) is 16.5 Å². The molecular weight excluding hydrogens is 326 g/mol. The third-order valence-corrected chi connectivity index (χ3v) is 4.44. The topological polar surface area (TPSA) is 97.7 Å². The van der Waals surface area contributed by atoms with E-state index in [0.29, 0.717) is 32.8 Å². The molecule has 138 valence electrons. The number of hydrogen-bond donors (Lipinski definition) is 2. The Morgan fingerprint density at radius 2 is 2.16 bits per heavy atom. The van der Waals surface area contributed by atoms with Crippen LogP contribution in [-0.4, -0.2) is 72.1 Å². The van der Waals surface area contributed by atoms with Gasteiger partial charge in [0.15, 0.2) is 5.82 Å². The van der Waals surface area contributed by atoms with Gasteiger partial charge < -0.3 is 29.6 Å². The van der Waals surface area contributed by atoms with Crippen molar-refractivity contribution in [1.82, 2.24) is 19.8 Å². The van der Waals surface area contributed by atoms with Gasteiger partial charge >= 0.3 is 6.03 Å². The maximum atomic E-state index is 12.3. The summed E-state index contributed by atoms with van der Waals surface area (Å²) in [5.41, 5.74) is -0.190. The van der Waals surface area contributed by atoms with Crippen LogP contribution in [0.1, 0.15) is 12.8 Å². The largest absolute Gasteiger partial charge is 0.376 e. The number of urea groups is 1. The zero-order chi connectivity index (χ0) is 17.6. The number of carbonyl (C=O) groups excluding carboxylic acids is 1. The van der Waals surface area contributed by atoms with Gasteiger partial charge in [0, 0.05) is 45.7 Å². The van der Waals surface area contributed by atoms with E-state index in [1.165, 1.54) is 4.57 Å². The number of ether oxygens (including phenoxy) is 2. The molecule has 9 heteroatoms. The molecule has 0 aromatic carbocycles. The zero-order valence-electron chi connectivity index (χ0n) is 14.4. The lowest BCUT2D eigenvalue weighted by atomic mass is 10.2. The molecule has 0 bridgehead atoms. The molecule has 1 aromatic rings. The van der Waals surface area contributed by atoms with Gasteiger partial charge in [0.1, 0.15) is 0 Å². The number of nitrogens with one attached hydrogen (secondary N) is 2. The van der Waals surface area contributed by atoms with Crippen molar-refractivity contribution in [3.63, 3.8) is 0 Å². The van der Waals surface area contributed by atoms with E-state index in [0.717, 1.165) is 19.4 Å². The van der Waals surface area contributed by atoms with Crippen molar-refractivity contribution in [2.24, 2.45) is 7.05 Å². The maximum Gasteiger partial charge on any atom is 0.317 e. The van der Waals surface area contributed by atoms with Crippen LogP contribution in [0.4, 0.5) is 10.6 Å². The molecule has 2 amide bonds. The van der Waals surface area contributed by atoms with E-state index < -0.39 is 0 Å². The van der Waals surface area contributed by atoms with Crippen LogP contribution < -0.4 is 16.2 Å². The smallest absolute Gasteiger partial charge is 0.317 e. The Labute approximate surface area is 146 Å². The Balaban J connectivity index is 1.46. The van der Waals surface area contributed by atoms with Gasteiger partial charge in [0.05, 0.1) is 25.4 Å². The van der Waals surface area contributed by atoms with E-state index in [-0.39, 0.29) is 29.6 Å². The van der Waals surface area contributed by atoms with E-state index in [4.69, 9.17) is 9.47 Å². The lowest BCUT2D eigenvalue weighted by Crippen LogP contribution is -2.52. The molecule has 1 aromatic heterocycles. The van der Waals surface area contributed by atoms with Crippen LogP contribution in [0.5, 0.6) is 0 Å². The van der Waals surface area contributed by atoms with Gasteiger partial charge in [-0.05, 0) is 12.8 Å². The van der Waals surface area contributed by atoms with Crippen molar-refractivity contribution in [3.8, 4) is 0 Å². The fourth-order valence-electron chi connectivity index (χ4n) is 2.98.